The minimum atomic E-state index is 0.509. The molecule has 1 aromatic rings. The molecule has 1 aromatic heterocycles. The van der Waals surface area contributed by atoms with Crippen molar-refractivity contribution in [3.63, 3.8) is 0 Å². The molecule has 3 atom stereocenters. The van der Waals surface area contributed by atoms with Gasteiger partial charge in [-0.2, -0.15) is 11.3 Å². The van der Waals surface area contributed by atoms with Gasteiger partial charge in [-0.15, -0.1) is 0 Å². The van der Waals surface area contributed by atoms with E-state index in [0.717, 1.165) is 24.2 Å². The van der Waals surface area contributed by atoms with Crippen LogP contribution < -0.4 is 11.3 Å². The van der Waals surface area contributed by atoms with E-state index in [0.29, 0.717) is 6.04 Å². The lowest BCUT2D eigenvalue weighted by Crippen LogP contribution is -2.39. The minimum absolute atomic E-state index is 0.509. The van der Waals surface area contributed by atoms with Crippen molar-refractivity contribution >= 4 is 11.3 Å². The zero-order valence-electron chi connectivity index (χ0n) is 8.86. The summed E-state index contributed by atoms with van der Waals surface area (Å²) in [6.07, 6.45) is 5.44. The molecule has 15 heavy (non-hydrogen) atoms. The fourth-order valence-corrected chi connectivity index (χ4v) is 4.12. The fraction of sp³-hybridized carbons (Fsp3) is 0.667. The van der Waals surface area contributed by atoms with Crippen molar-refractivity contribution in [2.24, 2.45) is 23.6 Å². The molecular weight excluding hydrogens is 204 g/mol. The molecule has 2 nitrogen and oxygen atoms in total. The second kappa shape index (κ2) is 3.89. The fourth-order valence-electron chi connectivity index (χ4n) is 3.44. The molecule has 3 rings (SSSR count). The van der Waals surface area contributed by atoms with Crippen molar-refractivity contribution in [3.8, 4) is 0 Å². The van der Waals surface area contributed by atoms with Gasteiger partial charge in [0.05, 0.1) is 0 Å². The van der Waals surface area contributed by atoms with Gasteiger partial charge in [-0.3, -0.25) is 11.3 Å². The zero-order chi connectivity index (χ0) is 10.3. The van der Waals surface area contributed by atoms with E-state index in [1.165, 1.54) is 24.8 Å². The van der Waals surface area contributed by atoms with Gasteiger partial charge in [0.25, 0.3) is 0 Å². The molecule has 0 radical (unpaired) electrons. The number of fused-ring (bicyclic) bond motifs is 1. The van der Waals surface area contributed by atoms with E-state index in [1.54, 1.807) is 11.3 Å². The van der Waals surface area contributed by atoms with Crippen LogP contribution in [0.1, 0.15) is 24.8 Å². The Bertz CT molecular complexity index is 312. The van der Waals surface area contributed by atoms with Crippen LogP contribution in [0.3, 0.4) is 0 Å². The first-order chi connectivity index (χ1) is 7.40. The summed E-state index contributed by atoms with van der Waals surface area (Å²) in [5, 5.41) is 4.39. The molecule has 3 heteroatoms. The SMILES string of the molecule is NNC(Cc1ccsc1)C1C2CCCC21. The largest absolute Gasteiger partial charge is 0.271 e. The van der Waals surface area contributed by atoms with Gasteiger partial charge in [0, 0.05) is 6.04 Å². The van der Waals surface area contributed by atoms with Gasteiger partial charge in [-0.05, 0) is 59.4 Å². The van der Waals surface area contributed by atoms with Crippen LogP contribution in [0.2, 0.25) is 0 Å². The third kappa shape index (κ3) is 1.73. The number of nitrogens with one attached hydrogen (secondary N) is 1. The molecule has 2 aliphatic rings. The van der Waals surface area contributed by atoms with Crippen LogP contribution in [0.15, 0.2) is 16.8 Å². The van der Waals surface area contributed by atoms with Gasteiger partial charge in [0.15, 0.2) is 0 Å². The lowest BCUT2D eigenvalue weighted by molar-refractivity contribution is 0.410. The number of rotatable bonds is 4. The molecule has 0 bridgehead atoms. The van der Waals surface area contributed by atoms with Crippen LogP contribution in [0.5, 0.6) is 0 Å². The molecule has 2 saturated carbocycles. The summed E-state index contributed by atoms with van der Waals surface area (Å²) in [5.41, 5.74) is 4.47. The van der Waals surface area contributed by atoms with Gasteiger partial charge >= 0.3 is 0 Å². The van der Waals surface area contributed by atoms with Crippen LogP contribution in [0.25, 0.3) is 0 Å². The predicted molar refractivity (Wildman–Crippen MR) is 63.5 cm³/mol. The molecule has 82 valence electrons. The number of hydrazine groups is 1. The van der Waals surface area contributed by atoms with Crippen LogP contribution in [0, 0.1) is 17.8 Å². The third-order valence-corrected chi connectivity index (χ3v) is 4.92. The first-order valence-electron chi connectivity index (χ1n) is 5.87. The molecule has 2 fully saturated rings. The molecule has 0 amide bonds. The van der Waals surface area contributed by atoms with Crippen LogP contribution in [-0.4, -0.2) is 6.04 Å². The van der Waals surface area contributed by atoms with E-state index in [-0.39, 0.29) is 0 Å². The van der Waals surface area contributed by atoms with Crippen molar-refractivity contribution in [1.82, 2.24) is 5.43 Å². The normalized spacial score (nSPS) is 35.1. The van der Waals surface area contributed by atoms with E-state index in [2.05, 4.69) is 22.3 Å². The number of hydrogen-bond acceptors (Lipinski definition) is 3. The second-order valence-electron chi connectivity index (χ2n) is 4.94. The van der Waals surface area contributed by atoms with Crippen molar-refractivity contribution in [2.75, 3.05) is 0 Å². The molecule has 3 unspecified atom stereocenters. The highest BCUT2D eigenvalue weighted by molar-refractivity contribution is 7.07. The first kappa shape index (κ1) is 9.82. The van der Waals surface area contributed by atoms with E-state index in [4.69, 9.17) is 5.84 Å². The highest BCUT2D eigenvalue weighted by atomic mass is 32.1. The highest BCUT2D eigenvalue weighted by Crippen LogP contribution is 2.59. The quantitative estimate of drug-likeness (QED) is 0.605. The molecule has 0 aliphatic heterocycles. The monoisotopic (exact) mass is 222 g/mol. The average Bonchev–Trinajstić information content (AvgIpc) is 2.73. The maximum absolute atomic E-state index is 5.69. The Kier molecular flexibility index (Phi) is 2.54. The van der Waals surface area contributed by atoms with Crippen molar-refractivity contribution in [3.05, 3.63) is 22.4 Å². The lowest BCUT2D eigenvalue weighted by atomic mass is 9.99. The van der Waals surface area contributed by atoms with Gasteiger partial charge in [-0.1, -0.05) is 6.42 Å². The zero-order valence-corrected chi connectivity index (χ0v) is 9.67. The summed E-state index contributed by atoms with van der Waals surface area (Å²) >= 11 is 1.78. The lowest BCUT2D eigenvalue weighted by Gasteiger charge is -2.17. The Morgan fingerprint density at radius 1 is 1.47 bits per heavy atom. The highest BCUT2D eigenvalue weighted by Gasteiger charge is 2.55. The minimum Gasteiger partial charge on any atom is -0.271 e. The Labute approximate surface area is 94.8 Å². The van der Waals surface area contributed by atoms with E-state index >= 15 is 0 Å². The Hall–Kier alpha value is -0.380. The molecule has 0 spiro atoms. The van der Waals surface area contributed by atoms with Gasteiger partial charge in [0.1, 0.15) is 0 Å². The number of nitrogens with two attached hydrogens (primary N) is 1. The topological polar surface area (TPSA) is 38.0 Å². The van der Waals surface area contributed by atoms with Crippen molar-refractivity contribution in [1.29, 1.82) is 0 Å². The van der Waals surface area contributed by atoms with Crippen LogP contribution >= 0.6 is 11.3 Å². The summed E-state index contributed by atoms with van der Waals surface area (Å²) < 4.78 is 0. The average molecular weight is 222 g/mol. The Morgan fingerprint density at radius 3 is 2.87 bits per heavy atom. The summed E-state index contributed by atoms with van der Waals surface area (Å²) in [6.45, 7) is 0. The second-order valence-corrected chi connectivity index (χ2v) is 5.72. The smallest absolute Gasteiger partial charge is 0.0284 e. The molecule has 0 saturated heterocycles. The summed E-state index contributed by atoms with van der Waals surface area (Å²) in [7, 11) is 0. The molecule has 1 heterocycles. The summed E-state index contributed by atoms with van der Waals surface area (Å²) in [5.74, 6) is 8.53. The maximum Gasteiger partial charge on any atom is 0.0284 e. The number of thiophene rings is 1. The predicted octanol–water partition coefficient (Wildman–Crippen LogP) is 2.17. The summed E-state index contributed by atoms with van der Waals surface area (Å²) in [4.78, 5) is 0. The molecule has 3 N–H and O–H groups in total. The van der Waals surface area contributed by atoms with E-state index < -0.39 is 0 Å². The number of hydrogen-bond donors (Lipinski definition) is 2. The van der Waals surface area contributed by atoms with Gasteiger partial charge in [0.2, 0.25) is 0 Å². The van der Waals surface area contributed by atoms with Crippen LogP contribution in [0.4, 0.5) is 0 Å². The van der Waals surface area contributed by atoms with Crippen LogP contribution in [-0.2, 0) is 6.42 Å². The third-order valence-electron chi connectivity index (χ3n) is 4.19. The standard InChI is InChI=1S/C12H18N2S/c13-14-11(6-8-4-5-15-7-8)12-9-2-1-3-10(9)12/h4-5,7,9-12,14H,1-3,6,13H2. The summed E-state index contributed by atoms with van der Waals surface area (Å²) in [6, 6.07) is 2.72. The van der Waals surface area contributed by atoms with E-state index in [1.807, 2.05) is 0 Å². The Morgan fingerprint density at radius 2 is 2.27 bits per heavy atom. The van der Waals surface area contributed by atoms with Gasteiger partial charge < -0.3 is 0 Å². The first-order valence-corrected chi connectivity index (χ1v) is 6.81. The Balaban J connectivity index is 1.63. The molecular formula is C12H18N2S. The van der Waals surface area contributed by atoms with Gasteiger partial charge in [-0.25, -0.2) is 0 Å². The maximum atomic E-state index is 5.69. The molecule has 2 aliphatic carbocycles. The van der Waals surface area contributed by atoms with E-state index in [9.17, 15) is 0 Å². The van der Waals surface area contributed by atoms with Crippen molar-refractivity contribution < 1.29 is 0 Å². The van der Waals surface area contributed by atoms with Crippen molar-refractivity contribution in [2.45, 2.75) is 31.7 Å². The molecule has 0 aromatic carbocycles.